The lowest BCUT2D eigenvalue weighted by atomic mass is 9.92. The van der Waals surface area contributed by atoms with E-state index < -0.39 is 5.60 Å². The first-order valence-corrected chi connectivity index (χ1v) is 5.78. The minimum absolute atomic E-state index is 0.716. The molecule has 0 aliphatic carbocycles. The summed E-state index contributed by atoms with van der Waals surface area (Å²) in [6.07, 6.45) is 2.22. The van der Waals surface area contributed by atoms with E-state index in [0.717, 1.165) is 12.0 Å². The molecule has 0 saturated carbocycles. The van der Waals surface area contributed by atoms with E-state index in [0.29, 0.717) is 0 Å². The molecule has 1 aromatic carbocycles. The molecule has 0 bridgehead atoms. The number of hydrogen-bond acceptors (Lipinski definition) is 1. The van der Waals surface area contributed by atoms with Gasteiger partial charge in [0.1, 0.15) is 0 Å². The standard InChI is InChI=1S/C11H16O.C3H8/c1-4-9-7-5-6-8-10(9)11(2,3)12;1-3-2/h5-8,12H,4H2,1-3H3;3H2,1-2H3. The smallest absolute Gasteiger partial charge is 0.0843 e. The lowest BCUT2D eigenvalue weighted by molar-refractivity contribution is 0.0777. The van der Waals surface area contributed by atoms with E-state index in [1.165, 1.54) is 12.0 Å². The van der Waals surface area contributed by atoms with Crippen molar-refractivity contribution in [3.05, 3.63) is 35.4 Å². The fourth-order valence-corrected chi connectivity index (χ4v) is 1.43. The molecule has 0 saturated heterocycles. The van der Waals surface area contributed by atoms with Crippen LogP contribution in [0, 0.1) is 0 Å². The molecule has 1 rings (SSSR count). The molecule has 0 unspecified atom stereocenters. The second kappa shape index (κ2) is 6.62. The lowest BCUT2D eigenvalue weighted by Crippen LogP contribution is -2.17. The fourth-order valence-electron chi connectivity index (χ4n) is 1.43. The zero-order valence-electron chi connectivity index (χ0n) is 10.7. The zero-order chi connectivity index (χ0) is 11.9. The normalized spacial score (nSPS) is 10.5. The predicted octanol–water partition coefficient (Wildman–Crippen LogP) is 3.89. The maximum absolute atomic E-state index is 9.80. The van der Waals surface area contributed by atoms with Crippen LogP contribution in [0.4, 0.5) is 0 Å². The molecule has 0 fully saturated rings. The maximum Gasteiger partial charge on any atom is 0.0843 e. The van der Waals surface area contributed by atoms with E-state index in [-0.39, 0.29) is 0 Å². The third kappa shape index (κ3) is 4.98. The summed E-state index contributed by atoms with van der Waals surface area (Å²) in [7, 11) is 0. The van der Waals surface area contributed by atoms with Gasteiger partial charge in [0, 0.05) is 0 Å². The van der Waals surface area contributed by atoms with Gasteiger partial charge in [-0.2, -0.15) is 0 Å². The van der Waals surface area contributed by atoms with Gasteiger partial charge in [-0.3, -0.25) is 0 Å². The van der Waals surface area contributed by atoms with Gasteiger partial charge in [0.2, 0.25) is 0 Å². The monoisotopic (exact) mass is 208 g/mol. The Morgan fingerprint density at radius 2 is 1.53 bits per heavy atom. The fraction of sp³-hybridized carbons (Fsp3) is 0.571. The van der Waals surface area contributed by atoms with E-state index in [4.69, 9.17) is 0 Å². The van der Waals surface area contributed by atoms with E-state index in [2.05, 4.69) is 26.8 Å². The minimum Gasteiger partial charge on any atom is -0.386 e. The molecule has 0 amide bonds. The van der Waals surface area contributed by atoms with Gasteiger partial charge in [0.15, 0.2) is 0 Å². The summed E-state index contributed by atoms with van der Waals surface area (Å²) in [5.41, 5.74) is 1.55. The molecule has 0 atom stereocenters. The van der Waals surface area contributed by atoms with E-state index in [9.17, 15) is 5.11 Å². The van der Waals surface area contributed by atoms with E-state index in [1.807, 2.05) is 32.0 Å². The van der Waals surface area contributed by atoms with E-state index in [1.54, 1.807) is 0 Å². The second-order valence-corrected chi connectivity index (χ2v) is 4.28. The van der Waals surface area contributed by atoms with Gasteiger partial charge in [-0.1, -0.05) is 51.5 Å². The third-order valence-electron chi connectivity index (χ3n) is 2.06. The number of rotatable bonds is 2. The quantitative estimate of drug-likeness (QED) is 0.781. The largest absolute Gasteiger partial charge is 0.386 e. The summed E-state index contributed by atoms with van der Waals surface area (Å²) in [5, 5.41) is 9.80. The van der Waals surface area contributed by atoms with Crippen molar-refractivity contribution in [3.63, 3.8) is 0 Å². The molecule has 0 spiro atoms. The van der Waals surface area contributed by atoms with Crippen LogP contribution >= 0.6 is 0 Å². The molecule has 0 aromatic heterocycles. The van der Waals surface area contributed by atoms with Crippen LogP contribution < -0.4 is 0 Å². The Morgan fingerprint density at radius 1 is 1.07 bits per heavy atom. The first-order chi connectivity index (χ1) is 6.97. The zero-order valence-corrected chi connectivity index (χ0v) is 10.7. The maximum atomic E-state index is 9.80. The van der Waals surface area contributed by atoms with Crippen LogP contribution in [0.25, 0.3) is 0 Å². The first kappa shape index (κ1) is 14.2. The first-order valence-electron chi connectivity index (χ1n) is 5.78. The second-order valence-electron chi connectivity index (χ2n) is 4.28. The summed E-state index contributed by atoms with van der Waals surface area (Å²) in [5.74, 6) is 0. The minimum atomic E-state index is -0.716. The van der Waals surface area contributed by atoms with Crippen molar-refractivity contribution in [3.8, 4) is 0 Å². The Hall–Kier alpha value is -0.820. The highest BCUT2D eigenvalue weighted by Crippen LogP contribution is 2.23. The van der Waals surface area contributed by atoms with Crippen molar-refractivity contribution in [1.82, 2.24) is 0 Å². The molecular weight excluding hydrogens is 184 g/mol. The Morgan fingerprint density at radius 3 is 1.87 bits per heavy atom. The molecule has 1 heteroatoms. The molecule has 1 N–H and O–H groups in total. The van der Waals surface area contributed by atoms with Gasteiger partial charge < -0.3 is 5.11 Å². The SMILES string of the molecule is CCC.CCc1ccccc1C(C)(C)O. The molecule has 0 radical (unpaired) electrons. The number of aliphatic hydroxyl groups is 1. The van der Waals surface area contributed by atoms with Crippen LogP contribution in [0.15, 0.2) is 24.3 Å². The van der Waals surface area contributed by atoms with Crippen molar-refractivity contribution in [1.29, 1.82) is 0 Å². The van der Waals surface area contributed by atoms with Crippen molar-refractivity contribution in [2.24, 2.45) is 0 Å². The summed E-state index contributed by atoms with van der Waals surface area (Å²) in [4.78, 5) is 0. The Labute approximate surface area is 94.2 Å². The molecule has 0 aliphatic rings. The molecule has 86 valence electrons. The van der Waals surface area contributed by atoms with Crippen molar-refractivity contribution in [2.45, 2.75) is 53.1 Å². The third-order valence-corrected chi connectivity index (χ3v) is 2.06. The highest BCUT2D eigenvalue weighted by Gasteiger charge is 2.17. The molecule has 0 heterocycles. The Kier molecular flexibility index (Phi) is 6.26. The van der Waals surface area contributed by atoms with Crippen LogP contribution in [0.5, 0.6) is 0 Å². The molecule has 1 nitrogen and oxygen atoms in total. The molecule has 15 heavy (non-hydrogen) atoms. The summed E-state index contributed by atoms with van der Waals surface area (Å²) in [6.45, 7) is 9.99. The van der Waals surface area contributed by atoms with Gasteiger partial charge in [-0.15, -0.1) is 0 Å². The molecule has 1 aromatic rings. The highest BCUT2D eigenvalue weighted by molar-refractivity contribution is 5.31. The number of aryl methyl sites for hydroxylation is 1. The summed E-state index contributed by atoms with van der Waals surface area (Å²) < 4.78 is 0. The van der Waals surface area contributed by atoms with Crippen LogP contribution in [0.2, 0.25) is 0 Å². The predicted molar refractivity (Wildman–Crippen MR) is 67.0 cm³/mol. The van der Waals surface area contributed by atoms with Crippen molar-refractivity contribution in [2.75, 3.05) is 0 Å². The Balaban J connectivity index is 0.000000583. The Bertz CT molecular complexity index is 271. The van der Waals surface area contributed by atoms with E-state index >= 15 is 0 Å². The van der Waals surface area contributed by atoms with Crippen LogP contribution in [0.3, 0.4) is 0 Å². The van der Waals surface area contributed by atoms with Gasteiger partial charge in [0.25, 0.3) is 0 Å². The molecular formula is C14H24O. The van der Waals surface area contributed by atoms with Crippen LogP contribution in [-0.2, 0) is 12.0 Å². The van der Waals surface area contributed by atoms with Gasteiger partial charge in [0.05, 0.1) is 5.60 Å². The lowest BCUT2D eigenvalue weighted by Gasteiger charge is -2.20. The summed E-state index contributed by atoms with van der Waals surface area (Å²) in [6, 6.07) is 8.02. The average Bonchev–Trinajstić information content (AvgIpc) is 2.18. The highest BCUT2D eigenvalue weighted by atomic mass is 16.3. The number of benzene rings is 1. The van der Waals surface area contributed by atoms with Gasteiger partial charge in [-0.25, -0.2) is 0 Å². The van der Waals surface area contributed by atoms with Crippen molar-refractivity contribution < 1.29 is 5.11 Å². The number of hydrogen-bond donors (Lipinski definition) is 1. The van der Waals surface area contributed by atoms with Crippen LogP contribution in [-0.4, -0.2) is 5.11 Å². The average molecular weight is 208 g/mol. The molecule has 0 aliphatic heterocycles. The van der Waals surface area contributed by atoms with Crippen LogP contribution in [0.1, 0.15) is 52.2 Å². The summed E-state index contributed by atoms with van der Waals surface area (Å²) >= 11 is 0. The topological polar surface area (TPSA) is 20.2 Å². The van der Waals surface area contributed by atoms with Gasteiger partial charge >= 0.3 is 0 Å². The van der Waals surface area contributed by atoms with Crippen molar-refractivity contribution >= 4 is 0 Å². The van der Waals surface area contributed by atoms with Gasteiger partial charge in [-0.05, 0) is 31.4 Å².